The van der Waals surface area contributed by atoms with E-state index in [4.69, 9.17) is 0 Å². The van der Waals surface area contributed by atoms with Gasteiger partial charge in [-0.25, -0.2) is 4.98 Å². The van der Waals surface area contributed by atoms with Crippen molar-refractivity contribution in [3.63, 3.8) is 0 Å². The van der Waals surface area contributed by atoms with E-state index in [0.717, 1.165) is 24.1 Å². The largest absolute Gasteiger partial charge is 0.356 e. The second kappa shape index (κ2) is 7.95. The zero-order chi connectivity index (χ0) is 18.5. The highest BCUT2D eigenvalue weighted by molar-refractivity contribution is 5.80. The Bertz CT molecular complexity index is 973. The lowest BCUT2D eigenvalue weighted by Crippen LogP contribution is -2.28. The van der Waals surface area contributed by atoms with Crippen molar-refractivity contribution in [2.45, 2.75) is 39.7 Å². The molecule has 7 nitrogen and oxygen atoms in total. The smallest absolute Gasteiger partial charge is 0.261 e. The molecular weight excluding hydrogens is 330 g/mol. The molecular formula is C19H23N5O2. The van der Waals surface area contributed by atoms with Gasteiger partial charge in [-0.1, -0.05) is 12.1 Å². The first-order valence-corrected chi connectivity index (χ1v) is 8.76. The Kier molecular flexibility index (Phi) is 5.46. The number of carbonyl (C=O) groups excluding carboxylic acids is 1. The Morgan fingerprint density at radius 3 is 2.92 bits per heavy atom. The summed E-state index contributed by atoms with van der Waals surface area (Å²) in [6.07, 6.45) is 5.31. The SMILES string of the molecule is Cc1[nH]ncc1CCCNC(=O)CCn1cnc2c(C)cccc2c1=O. The lowest BCUT2D eigenvalue weighted by atomic mass is 10.1. The second-order valence-corrected chi connectivity index (χ2v) is 6.44. The van der Waals surface area contributed by atoms with Gasteiger partial charge in [-0.05, 0) is 43.9 Å². The number of nitrogens with one attached hydrogen (secondary N) is 2. The maximum Gasteiger partial charge on any atom is 0.261 e. The molecule has 0 aliphatic rings. The number of amides is 1. The van der Waals surface area contributed by atoms with Crippen LogP contribution in [-0.2, 0) is 17.8 Å². The van der Waals surface area contributed by atoms with Crippen molar-refractivity contribution in [2.24, 2.45) is 0 Å². The van der Waals surface area contributed by atoms with Gasteiger partial charge in [0.2, 0.25) is 5.91 Å². The normalized spacial score (nSPS) is 11.0. The number of para-hydroxylation sites is 1. The molecule has 2 heterocycles. The van der Waals surface area contributed by atoms with Crippen LogP contribution in [0.1, 0.15) is 29.7 Å². The van der Waals surface area contributed by atoms with E-state index in [9.17, 15) is 9.59 Å². The molecule has 2 N–H and O–H groups in total. The summed E-state index contributed by atoms with van der Waals surface area (Å²) in [5.74, 6) is -0.0647. The maximum atomic E-state index is 12.5. The van der Waals surface area contributed by atoms with E-state index in [-0.39, 0.29) is 17.9 Å². The predicted molar refractivity (Wildman–Crippen MR) is 100 cm³/mol. The maximum absolute atomic E-state index is 12.5. The number of aryl methyl sites for hydroxylation is 4. The standard InChI is InChI=1S/C19H23N5O2/c1-13-5-3-7-16-18(13)21-12-24(19(16)26)10-8-17(25)20-9-4-6-15-11-22-23-14(15)2/h3,5,7,11-12H,4,6,8-10H2,1-2H3,(H,20,25)(H,22,23). The van der Waals surface area contributed by atoms with Crippen LogP contribution < -0.4 is 10.9 Å². The van der Waals surface area contributed by atoms with Crippen molar-refractivity contribution in [1.82, 2.24) is 25.1 Å². The van der Waals surface area contributed by atoms with Crippen LogP contribution in [0, 0.1) is 13.8 Å². The molecule has 136 valence electrons. The number of carbonyl (C=O) groups is 1. The molecule has 0 fully saturated rings. The summed E-state index contributed by atoms with van der Waals surface area (Å²) in [4.78, 5) is 28.9. The highest BCUT2D eigenvalue weighted by atomic mass is 16.1. The molecule has 0 aliphatic heterocycles. The van der Waals surface area contributed by atoms with E-state index < -0.39 is 0 Å². The number of nitrogens with zero attached hydrogens (tertiary/aromatic N) is 3. The predicted octanol–water partition coefficient (Wildman–Crippen LogP) is 1.88. The van der Waals surface area contributed by atoms with Crippen LogP contribution in [0.5, 0.6) is 0 Å². The minimum absolute atomic E-state index is 0.0647. The zero-order valence-corrected chi connectivity index (χ0v) is 15.1. The molecule has 0 spiro atoms. The van der Waals surface area contributed by atoms with Gasteiger partial charge >= 0.3 is 0 Å². The molecule has 1 aromatic carbocycles. The Hall–Kier alpha value is -2.96. The molecule has 7 heteroatoms. The number of fused-ring (bicyclic) bond motifs is 1. The highest BCUT2D eigenvalue weighted by Crippen LogP contribution is 2.11. The summed E-state index contributed by atoms with van der Waals surface area (Å²) < 4.78 is 1.50. The first kappa shape index (κ1) is 17.8. The van der Waals surface area contributed by atoms with E-state index in [1.54, 1.807) is 6.07 Å². The van der Waals surface area contributed by atoms with E-state index >= 15 is 0 Å². The fraction of sp³-hybridized carbons (Fsp3) is 0.368. The molecule has 2 aromatic heterocycles. The minimum Gasteiger partial charge on any atom is -0.356 e. The van der Waals surface area contributed by atoms with Gasteiger partial charge in [0.1, 0.15) is 0 Å². The van der Waals surface area contributed by atoms with Crippen LogP contribution in [0.25, 0.3) is 10.9 Å². The van der Waals surface area contributed by atoms with Gasteiger partial charge in [0.05, 0.1) is 23.4 Å². The number of aromatic amines is 1. The van der Waals surface area contributed by atoms with Gasteiger partial charge < -0.3 is 5.32 Å². The fourth-order valence-corrected chi connectivity index (χ4v) is 2.94. The topological polar surface area (TPSA) is 92.7 Å². The average molecular weight is 353 g/mol. The van der Waals surface area contributed by atoms with Crippen molar-refractivity contribution in [3.8, 4) is 0 Å². The fourth-order valence-electron chi connectivity index (χ4n) is 2.94. The molecule has 0 aliphatic carbocycles. The average Bonchev–Trinajstić information content (AvgIpc) is 3.04. The third-order valence-electron chi connectivity index (χ3n) is 4.51. The molecule has 0 unspecified atom stereocenters. The van der Waals surface area contributed by atoms with E-state index in [1.807, 2.05) is 32.2 Å². The first-order valence-electron chi connectivity index (χ1n) is 8.76. The van der Waals surface area contributed by atoms with Gasteiger partial charge in [0, 0.05) is 25.2 Å². The number of hydrogen-bond acceptors (Lipinski definition) is 4. The molecule has 0 bridgehead atoms. The highest BCUT2D eigenvalue weighted by Gasteiger charge is 2.08. The number of H-pyrrole nitrogens is 1. The Morgan fingerprint density at radius 1 is 1.31 bits per heavy atom. The molecule has 1 amide bonds. The monoisotopic (exact) mass is 353 g/mol. The van der Waals surface area contributed by atoms with E-state index in [1.165, 1.54) is 16.5 Å². The van der Waals surface area contributed by atoms with E-state index in [0.29, 0.717) is 24.0 Å². The Labute approximate surface area is 151 Å². The quantitative estimate of drug-likeness (QED) is 0.634. The van der Waals surface area contributed by atoms with Gasteiger partial charge in [-0.15, -0.1) is 0 Å². The third-order valence-corrected chi connectivity index (χ3v) is 4.51. The number of aromatic nitrogens is 4. The number of rotatable bonds is 7. The van der Waals surface area contributed by atoms with Crippen molar-refractivity contribution >= 4 is 16.8 Å². The van der Waals surface area contributed by atoms with E-state index in [2.05, 4.69) is 20.5 Å². The number of benzene rings is 1. The van der Waals surface area contributed by atoms with Crippen LogP contribution >= 0.6 is 0 Å². The molecule has 0 saturated carbocycles. The third kappa shape index (κ3) is 3.99. The van der Waals surface area contributed by atoms with Crippen molar-refractivity contribution in [1.29, 1.82) is 0 Å². The summed E-state index contributed by atoms with van der Waals surface area (Å²) in [5, 5.41) is 10.4. The van der Waals surface area contributed by atoms with Crippen LogP contribution in [0.3, 0.4) is 0 Å². The van der Waals surface area contributed by atoms with Crippen LogP contribution in [0.4, 0.5) is 0 Å². The molecule has 0 saturated heterocycles. The molecule has 26 heavy (non-hydrogen) atoms. The molecule has 0 atom stereocenters. The van der Waals surface area contributed by atoms with Gasteiger partial charge in [0.25, 0.3) is 5.56 Å². The summed E-state index contributed by atoms with van der Waals surface area (Å²) >= 11 is 0. The summed E-state index contributed by atoms with van der Waals surface area (Å²) in [6.45, 7) is 4.84. The first-order chi connectivity index (χ1) is 12.6. The molecule has 3 aromatic rings. The van der Waals surface area contributed by atoms with Crippen LogP contribution in [0.15, 0.2) is 35.5 Å². The van der Waals surface area contributed by atoms with Gasteiger partial charge in [-0.2, -0.15) is 5.10 Å². The lowest BCUT2D eigenvalue weighted by molar-refractivity contribution is -0.121. The van der Waals surface area contributed by atoms with Crippen LogP contribution in [-0.4, -0.2) is 32.2 Å². The van der Waals surface area contributed by atoms with Gasteiger partial charge in [-0.3, -0.25) is 19.3 Å². The Morgan fingerprint density at radius 2 is 2.15 bits per heavy atom. The zero-order valence-electron chi connectivity index (χ0n) is 15.1. The van der Waals surface area contributed by atoms with Crippen molar-refractivity contribution in [2.75, 3.05) is 6.54 Å². The second-order valence-electron chi connectivity index (χ2n) is 6.44. The Balaban J connectivity index is 1.50. The molecule has 0 radical (unpaired) electrons. The van der Waals surface area contributed by atoms with Crippen LogP contribution in [0.2, 0.25) is 0 Å². The van der Waals surface area contributed by atoms with Crippen molar-refractivity contribution in [3.05, 3.63) is 57.9 Å². The summed E-state index contributed by atoms with van der Waals surface area (Å²) in [6, 6.07) is 5.54. The van der Waals surface area contributed by atoms with Gasteiger partial charge in [0.15, 0.2) is 0 Å². The minimum atomic E-state index is -0.109. The van der Waals surface area contributed by atoms with Crippen molar-refractivity contribution < 1.29 is 4.79 Å². The number of hydrogen-bond donors (Lipinski definition) is 2. The molecule has 3 rings (SSSR count). The summed E-state index contributed by atoms with van der Waals surface area (Å²) in [7, 11) is 0. The lowest BCUT2D eigenvalue weighted by Gasteiger charge is -2.08. The summed E-state index contributed by atoms with van der Waals surface area (Å²) in [5.41, 5.74) is 3.81.